The normalized spacial score (nSPS) is 23.8. The lowest BCUT2D eigenvalue weighted by Crippen LogP contribution is -1.98. The van der Waals surface area contributed by atoms with Crippen molar-refractivity contribution in [2.24, 2.45) is 5.92 Å². The Morgan fingerprint density at radius 3 is 1.80 bits per heavy atom. The van der Waals surface area contributed by atoms with Crippen molar-refractivity contribution in [3.05, 3.63) is 34.7 Å². The molecule has 0 spiro atoms. The number of halogens is 5. The van der Waals surface area contributed by atoms with E-state index in [0.29, 0.717) is 0 Å². The fourth-order valence-corrected chi connectivity index (χ4v) is 1.28. The minimum atomic E-state index is -1.82. The van der Waals surface area contributed by atoms with Crippen LogP contribution in [0, 0.1) is 5.92 Å². The van der Waals surface area contributed by atoms with Crippen LogP contribution in [0.2, 0.25) is 0 Å². The second-order valence-electron chi connectivity index (χ2n) is 3.19. The molecule has 0 heterocycles. The van der Waals surface area contributed by atoms with E-state index in [2.05, 4.69) is 0 Å². The van der Waals surface area contributed by atoms with Gasteiger partial charge in [0, 0.05) is 5.57 Å². The lowest BCUT2D eigenvalue weighted by atomic mass is 10.1. The summed E-state index contributed by atoms with van der Waals surface area (Å²) in [4.78, 5) is 0. The molecule has 5 heteroatoms. The number of hydrogen-bond acceptors (Lipinski definition) is 0. The van der Waals surface area contributed by atoms with Crippen LogP contribution in [0.3, 0.4) is 0 Å². The molecular formula is C10H9F5. The number of allylic oxidation sites excluding steroid dienone is 6. The van der Waals surface area contributed by atoms with Crippen LogP contribution in [0.1, 0.15) is 20.3 Å². The van der Waals surface area contributed by atoms with Gasteiger partial charge in [-0.2, -0.15) is 0 Å². The molecule has 0 N–H and O–H groups in total. The summed E-state index contributed by atoms with van der Waals surface area (Å²) in [5.74, 6) is -9.81. The Labute approximate surface area is 83.8 Å². The van der Waals surface area contributed by atoms with Gasteiger partial charge in [0.05, 0.1) is 5.92 Å². The highest BCUT2D eigenvalue weighted by Gasteiger charge is 2.31. The van der Waals surface area contributed by atoms with E-state index in [-0.39, 0.29) is 6.42 Å². The van der Waals surface area contributed by atoms with E-state index in [1.807, 2.05) is 0 Å². The average Bonchev–Trinajstić information content (AvgIpc) is 2.28. The fraction of sp³-hybridized carbons (Fsp3) is 0.400. The number of rotatable bonds is 1. The predicted molar refractivity (Wildman–Crippen MR) is 46.1 cm³/mol. The summed E-state index contributed by atoms with van der Waals surface area (Å²) in [6, 6.07) is 0. The van der Waals surface area contributed by atoms with Gasteiger partial charge in [0.2, 0.25) is 0 Å². The van der Waals surface area contributed by atoms with Gasteiger partial charge in [-0.25, -0.2) is 22.0 Å². The van der Waals surface area contributed by atoms with Gasteiger partial charge in [-0.3, -0.25) is 0 Å². The Hall–Kier alpha value is -1.13. The Morgan fingerprint density at radius 2 is 1.33 bits per heavy atom. The highest BCUT2D eigenvalue weighted by atomic mass is 19.2. The third-order valence-corrected chi connectivity index (χ3v) is 2.26. The Balaban J connectivity index is 3.48. The molecule has 84 valence electrons. The van der Waals surface area contributed by atoms with Crippen LogP contribution in [0.5, 0.6) is 0 Å². The molecule has 1 rings (SSSR count). The minimum Gasteiger partial charge on any atom is -0.208 e. The zero-order valence-electron chi connectivity index (χ0n) is 8.17. The maximum Gasteiger partial charge on any atom is 0.191 e. The van der Waals surface area contributed by atoms with Crippen molar-refractivity contribution in [1.29, 1.82) is 0 Å². The molecule has 0 aromatic heterocycles. The van der Waals surface area contributed by atoms with Gasteiger partial charge >= 0.3 is 0 Å². The molecule has 0 bridgehead atoms. The van der Waals surface area contributed by atoms with Gasteiger partial charge in [-0.05, 0) is 13.3 Å². The van der Waals surface area contributed by atoms with Crippen LogP contribution in [-0.2, 0) is 0 Å². The van der Waals surface area contributed by atoms with Gasteiger partial charge in [-0.15, -0.1) is 0 Å². The molecule has 0 fully saturated rings. The largest absolute Gasteiger partial charge is 0.208 e. The molecule has 0 aromatic rings. The van der Waals surface area contributed by atoms with E-state index in [4.69, 9.17) is 0 Å². The SMILES string of the molecule is CCC1=C(F)C(F)=C(F)[C@@H](C)C(F)=C1F. The number of hydrogen-bond donors (Lipinski definition) is 0. The molecule has 0 aromatic carbocycles. The molecule has 15 heavy (non-hydrogen) atoms. The molecule has 0 aliphatic heterocycles. The first-order chi connectivity index (χ1) is 6.91. The smallest absolute Gasteiger partial charge is 0.191 e. The quantitative estimate of drug-likeness (QED) is 0.572. The first kappa shape index (κ1) is 11.9. The second-order valence-corrected chi connectivity index (χ2v) is 3.19. The van der Waals surface area contributed by atoms with Crippen LogP contribution in [-0.4, -0.2) is 0 Å². The zero-order valence-corrected chi connectivity index (χ0v) is 8.17. The van der Waals surface area contributed by atoms with Gasteiger partial charge in [0.15, 0.2) is 17.5 Å². The van der Waals surface area contributed by atoms with Crippen LogP contribution < -0.4 is 0 Å². The first-order valence-electron chi connectivity index (χ1n) is 4.41. The lowest BCUT2D eigenvalue weighted by molar-refractivity contribution is 0.408. The summed E-state index contributed by atoms with van der Waals surface area (Å²) in [6.45, 7) is 2.25. The molecule has 0 saturated carbocycles. The van der Waals surface area contributed by atoms with Gasteiger partial charge in [0.1, 0.15) is 11.7 Å². The van der Waals surface area contributed by atoms with Crippen molar-refractivity contribution < 1.29 is 22.0 Å². The Kier molecular flexibility index (Phi) is 3.31. The molecule has 1 aliphatic rings. The standard InChI is InChI=1S/C10H9F5/c1-3-5-8(13)6(11)4(2)7(12)10(15)9(5)14/h4H,3H2,1-2H3/t4-/m0/s1. The summed E-state index contributed by atoms with van der Waals surface area (Å²) < 4.78 is 65.4. The summed E-state index contributed by atoms with van der Waals surface area (Å²) in [7, 11) is 0. The monoisotopic (exact) mass is 224 g/mol. The topological polar surface area (TPSA) is 0 Å². The molecule has 1 atom stereocenters. The van der Waals surface area contributed by atoms with Crippen molar-refractivity contribution in [2.45, 2.75) is 20.3 Å². The fourth-order valence-electron chi connectivity index (χ4n) is 1.28. The molecule has 0 nitrogen and oxygen atoms in total. The van der Waals surface area contributed by atoms with Crippen molar-refractivity contribution in [3.8, 4) is 0 Å². The van der Waals surface area contributed by atoms with Gasteiger partial charge in [-0.1, -0.05) is 6.92 Å². The molecular weight excluding hydrogens is 215 g/mol. The van der Waals surface area contributed by atoms with Crippen molar-refractivity contribution in [2.75, 3.05) is 0 Å². The molecule has 0 unspecified atom stereocenters. The van der Waals surface area contributed by atoms with Gasteiger partial charge < -0.3 is 0 Å². The molecule has 0 saturated heterocycles. The Morgan fingerprint density at radius 1 is 0.867 bits per heavy atom. The van der Waals surface area contributed by atoms with E-state index in [9.17, 15) is 22.0 Å². The Bertz CT molecular complexity index is 375. The highest BCUT2D eigenvalue weighted by molar-refractivity contribution is 5.43. The predicted octanol–water partition coefficient (Wildman–Crippen LogP) is 4.57. The minimum absolute atomic E-state index is 0.251. The van der Waals surface area contributed by atoms with E-state index in [0.717, 1.165) is 6.92 Å². The summed E-state index contributed by atoms with van der Waals surface area (Å²) in [5, 5.41) is 0. The summed E-state index contributed by atoms with van der Waals surface area (Å²) in [5.41, 5.74) is -0.774. The van der Waals surface area contributed by atoms with Crippen molar-refractivity contribution in [1.82, 2.24) is 0 Å². The molecule has 1 aliphatic carbocycles. The van der Waals surface area contributed by atoms with Crippen LogP contribution >= 0.6 is 0 Å². The zero-order chi connectivity index (χ0) is 11.7. The van der Waals surface area contributed by atoms with Crippen LogP contribution in [0.15, 0.2) is 34.7 Å². The van der Waals surface area contributed by atoms with E-state index in [1.54, 1.807) is 0 Å². The third kappa shape index (κ3) is 1.82. The highest BCUT2D eigenvalue weighted by Crippen LogP contribution is 2.40. The first-order valence-corrected chi connectivity index (χ1v) is 4.41. The summed E-state index contributed by atoms with van der Waals surface area (Å²) in [6.07, 6.45) is -0.251. The summed E-state index contributed by atoms with van der Waals surface area (Å²) >= 11 is 0. The van der Waals surface area contributed by atoms with E-state index < -0.39 is 40.6 Å². The maximum atomic E-state index is 13.2. The third-order valence-electron chi connectivity index (χ3n) is 2.26. The van der Waals surface area contributed by atoms with E-state index >= 15 is 0 Å². The van der Waals surface area contributed by atoms with Crippen LogP contribution in [0.25, 0.3) is 0 Å². The average molecular weight is 224 g/mol. The second kappa shape index (κ2) is 4.16. The lowest BCUT2D eigenvalue weighted by Gasteiger charge is -2.05. The van der Waals surface area contributed by atoms with Crippen LogP contribution in [0.4, 0.5) is 22.0 Å². The van der Waals surface area contributed by atoms with E-state index in [1.165, 1.54) is 6.92 Å². The van der Waals surface area contributed by atoms with Crippen molar-refractivity contribution >= 4 is 0 Å². The van der Waals surface area contributed by atoms with Gasteiger partial charge in [0.25, 0.3) is 0 Å². The molecule has 0 amide bonds. The molecule has 0 radical (unpaired) electrons. The maximum absolute atomic E-state index is 13.2. The van der Waals surface area contributed by atoms with Crippen molar-refractivity contribution in [3.63, 3.8) is 0 Å².